The van der Waals surface area contributed by atoms with Crippen LogP contribution in [0.3, 0.4) is 0 Å². The Morgan fingerprint density at radius 2 is 2.43 bits per heavy atom. The van der Waals surface area contributed by atoms with Gasteiger partial charge in [-0.3, -0.25) is 4.79 Å². The quantitative estimate of drug-likeness (QED) is 0.692. The largest absolute Gasteiger partial charge is 0.335 e. The summed E-state index contributed by atoms with van der Waals surface area (Å²) < 4.78 is 0. The number of carbonyl (C=O) groups is 1. The number of likely N-dealkylation sites (tertiary alicyclic amines) is 1. The topological polar surface area (TPSA) is 20.3 Å². The molecule has 74 valence electrons. The van der Waals surface area contributed by atoms with Gasteiger partial charge in [0.05, 0.1) is 4.88 Å². The van der Waals surface area contributed by atoms with E-state index < -0.39 is 0 Å². The van der Waals surface area contributed by atoms with Crippen LogP contribution < -0.4 is 0 Å². The van der Waals surface area contributed by atoms with Crippen LogP contribution in [-0.4, -0.2) is 23.4 Å². The van der Waals surface area contributed by atoms with E-state index in [1.54, 1.807) is 11.3 Å². The number of nitrogens with zero attached hydrogens (tertiary/aromatic N) is 1. The highest BCUT2D eigenvalue weighted by atomic mass is 32.1. The van der Waals surface area contributed by atoms with Crippen LogP contribution in [0.1, 0.15) is 28.9 Å². The molecule has 1 aromatic rings. The van der Waals surface area contributed by atoms with Crippen LogP contribution in [-0.2, 0) is 0 Å². The van der Waals surface area contributed by atoms with E-state index in [0.717, 1.165) is 17.3 Å². The number of hydrogen-bond acceptors (Lipinski definition) is 2. The highest BCUT2D eigenvalue weighted by Crippen LogP contribution is 2.38. The molecule has 0 N–H and O–H groups in total. The highest BCUT2D eigenvalue weighted by molar-refractivity contribution is 7.12. The summed E-state index contributed by atoms with van der Waals surface area (Å²) in [5.41, 5.74) is 0. The van der Waals surface area contributed by atoms with Crippen molar-refractivity contribution >= 4 is 17.2 Å². The van der Waals surface area contributed by atoms with Crippen LogP contribution in [0.2, 0.25) is 0 Å². The number of fused-ring (bicyclic) bond motifs is 2. The van der Waals surface area contributed by atoms with Gasteiger partial charge in [0, 0.05) is 12.6 Å². The predicted molar refractivity (Wildman–Crippen MR) is 56.5 cm³/mol. The first-order chi connectivity index (χ1) is 6.84. The zero-order valence-electron chi connectivity index (χ0n) is 7.98. The Labute approximate surface area is 87.5 Å². The molecule has 2 aliphatic rings. The van der Waals surface area contributed by atoms with Gasteiger partial charge < -0.3 is 4.90 Å². The average Bonchev–Trinajstić information content (AvgIpc) is 2.93. The van der Waals surface area contributed by atoms with Gasteiger partial charge in [0.2, 0.25) is 0 Å². The molecule has 2 atom stereocenters. The third-order valence-corrected chi connectivity index (χ3v) is 4.26. The Morgan fingerprint density at radius 1 is 1.50 bits per heavy atom. The summed E-state index contributed by atoms with van der Waals surface area (Å²) in [5.74, 6) is 1.05. The minimum atomic E-state index is 0.257. The Morgan fingerprint density at radius 3 is 3.00 bits per heavy atom. The van der Waals surface area contributed by atoms with Gasteiger partial charge in [-0.15, -0.1) is 11.3 Å². The second-order valence-electron chi connectivity index (χ2n) is 4.27. The summed E-state index contributed by atoms with van der Waals surface area (Å²) in [6.07, 6.45) is 3.80. The smallest absolute Gasteiger partial charge is 0.264 e. The molecule has 2 bridgehead atoms. The first kappa shape index (κ1) is 8.48. The molecule has 2 nitrogen and oxygen atoms in total. The van der Waals surface area contributed by atoms with Crippen LogP contribution in [0.4, 0.5) is 0 Å². The fourth-order valence-electron chi connectivity index (χ4n) is 2.72. The zero-order valence-corrected chi connectivity index (χ0v) is 8.80. The van der Waals surface area contributed by atoms with Crippen molar-refractivity contribution in [2.24, 2.45) is 5.92 Å². The number of piperidine rings is 1. The van der Waals surface area contributed by atoms with E-state index in [4.69, 9.17) is 0 Å². The second-order valence-corrected chi connectivity index (χ2v) is 5.22. The first-order valence-corrected chi connectivity index (χ1v) is 6.07. The molecule has 1 aromatic heterocycles. The number of thiophene rings is 1. The molecule has 1 saturated carbocycles. The van der Waals surface area contributed by atoms with E-state index in [9.17, 15) is 4.79 Å². The predicted octanol–water partition coefficient (Wildman–Crippen LogP) is 2.37. The fraction of sp³-hybridized carbons (Fsp3) is 0.545. The Bertz CT molecular complexity index is 346. The summed E-state index contributed by atoms with van der Waals surface area (Å²) in [4.78, 5) is 15.0. The van der Waals surface area contributed by atoms with Crippen molar-refractivity contribution in [1.82, 2.24) is 4.90 Å². The van der Waals surface area contributed by atoms with Gasteiger partial charge >= 0.3 is 0 Å². The molecule has 3 rings (SSSR count). The molecule has 1 saturated heterocycles. The number of amides is 1. The molecule has 2 heterocycles. The van der Waals surface area contributed by atoms with E-state index in [0.29, 0.717) is 6.04 Å². The van der Waals surface area contributed by atoms with Crippen molar-refractivity contribution in [2.45, 2.75) is 25.3 Å². The lowest BCUT2D eigenvalue weighted by Gasteiger charge is -2.26. The summed E-state index contributed by atoms with van der Waals surface area (Å²) in [5, 5.41) is 1.97. The molecule has 1 amide bonds. The van der Waals surface area contributed by atoms with E-state index in [1.807, 2.05) is 17.5 Å². The molecule has 2 unspecified atom stereocenters. The maximum absolute atomic E-state index is 12.0. The minimum Gasteiger partial charge on any atom is -0.335 e. The molecular weight excluding hydrogens is 194 g/mol. The summed E-state index contributed by atoms with van der Waals surface area (Å²) in [7, 11) is 0. The Balaban J connectivity index is 1.81. The Kier molecular flexibility index (Phi) is 1.87. The molecule has 1 aliphatic carbocycles. The molecule has 0 spiro atoms. The van der Waals surface area contributed by atoms with Crippen molar-refractivity contribution in [3.63, 3.8) is 0 Å². The highest BCUT2D eigenvalue weighted by Gasteiger charge is 2.40. The summed E-state index contributed by atoms with van der Waals surface area (Å²) >= 11 is 1.55. The summed E-state index contributed by atoms with van der Waals surface area (Å²) in [6.45, 7) is 1.00. The fourth-order valence-corrected chi connectivity index (χ4v) is 3.39. The van der Waals surface area contributed by atoms with Gasteiger partial charge in [0.1, 0.15) is 0 Å². The van der Waals surface area contributed by atoms with E-state index in [2.05, 4.69) is 4.90 Å². The molecule has 0 radical (unpaired) electrons. The molecule has 1 aliphatic heterocycles. The molecular formula is C11H13NOS. The third-order valence-electron chi connectivity index (χ3n) is 3.40. The molecule has 14 heavy (non-hydrogen) atoms. The van der Waals surface area contributed by atoms with Crippen molar-refractivity contribution < 1.29 is 4.79 Å². The van der Waals surface area contributed by atoms with Crippen LogP contribution >= 0.6 is 11.3 Å². The van der Waals surface area contributed by atoms with E-state index in [-0.39, 0.29) is 5.91 Å². The van der Waals surface area contributed by atoms with Gasteiger partial charge in [-0.2, -0.15) is 0 Å². The molecule has 2 fully saturated rings. The van der Waals surface area contributed by atoms with Crippen LogP contribution in [0.25, 0.3) is 0 Å². The monoisotopic (exact) mass is 207 g/mol. The lowest BCUT2D eigenvalue weighted by Crippen LogP contribution is -2.37. The standard InChI is InChI=1S/C11H13NOS/c13-11(10-2-1-5-14-10)12-7-8-3-4-9(12)6-8/h1-2,5,8-9H,3-4,6-7H2. The zero-order chi connectivity index (χ0) is 9.54. The maximum Gasteiger partial charge on any atom is 0.264 e. The normalized spacial score (nSPS) is 29.9. The van der Waals surface area contributed by atoms with Crippen molar-refractivity contribution in [2.75, 3.05) is 6.54 Å². The average molecular weight is 207 g/mol. The number of hydrogen-bond donors (Lipinski definition) is 0. The van der Waals surface area contributed by atoms with Gasteiger partial charge in [0.15, 0.2) is 0 Å². The van der Waals surface area contributed by atoms with Crippen molar-refractivity contribution in [1.29, 1.82) is 0 Å². The van der Waals surface area contributed by atoms with Gasteiger partial charge in [-0.1, -0.05) is 6.07 Å². The lowest BCUT2D eigenvalue weighted by atomic mass is 10.1. The second kappa shape index (κ2) is 3.09. The SMILES string of the molecule is O=C(c1cccs1)N1CC2CCC1C2. The van der Waals surface area contributed by atoms with E-state index in [1.165, 1.54) is 19.3 Å². The first-order valence-electron chi connectivity index (χ1n) is 5.19. The molecule has 3 heteroatoms. The van der Waals surface area contributed by atoms with Crippen molar-refractivity contribution in [3.05, 3.63) is 22.4 Å². The number of carbonyl (C=O) groups excluding carboxylic acids is 1. The van der Waals surface area contributed by atoms with Gasteiger partial charge in [-0.05, 0) is 36.6 Å². The number of rotatable bonds is 1. The van der Waals surface area contributed by atoms with Crippen LogP contribution in [0, 0.1) is 5.92 Å². The van der Waals surface area contributed by atoms with Gasteiger partial charge in [-0.25, -0.2) is 0 Å². The van der Waals surface area contributed by atoms with Gasteiger partial charge in [0.25, 0.3) is 5.91 Å². The summed E-state index contributed by atoms with van der Waals surface area (Å²) in [6, 6.07) is 4.43. The Hall–Kier alpha value is -0.830. The van der Waals surface area contributed by atoms with E-state index >= 15 is 0 Å². The third kappa shape index (κ3) is 1.19. The lowest BCUT2D eigenvalue weighted by molar-refractivity contribution is 0.0708. The molecule has 0 aromatic carbocycles. The maximum atomic E-state index is 12.0. The minimum absolute atomic E-state index is 0.257. The van der Waals surface area contributed by atoms with Crippen molar-refractivity contribution in [3.8, 4) is 0 Å². The van der Waals surface area contributed by atoms with Crippen LogP contribution in [0.15, 0.2) is 17.5 Å². The van der Waals surface area contributed by atoms with Crippen LogP contribution in [0.5, 0.6) is 0 Å².